The fraction of sp³-hybridized carbons (Fsp3) is 0.0476. The molecule has 0 fully saturated rings. The molecular formula is C21H16N4O. The fourth-order valence-electron chi connectivity index (χ4n) is 2.89. The number of carbonyl (C=O) groups is 1. The molecule has 126 valence electrons. The molecule has 2 aromatic heterocycles. The third kappa shape index (κ3) is 3.15. The van der Waals surface area contributed by atoms with Gasteiger partial charge in [-0.05, 0) is 23.8 Å². The molecule has 0 spiro atoms. The van der Waals surface area contributed by atoms with Crippen molar-refractivity contribution in [2.45, 2.75) is 6.54 Å². The molecule has 0 bridgehead atoms. The maximum atomic E-state index is 12.8. The summed E-state index contributed by atoms with van der Waals surface area (Å²) in [6.07, 6.45) is 4.98. The number of nitrogens with one attached hydrogen (secondary N) is 1. The summed E-state index contributed by atoms with van der Waals surface area (Å²) in [7, 11) is 0. The van der Waals surface area contributed by atoms with Crippen LogP contribution in [0, 0.1) is 0 Å². The SMILES string of the molecule is O=C(NCc1cccnc1)c1ccccc1-c1ncnc2ccccc12. The number of benzene rings is 2. The van der Waals surface area contributed by atoms with Gasteiger partial charge in [0.1, 0.15) is 6.33 Å². The highest BCUT2D eigenvalue weighted by Crippen LogP contribution is 2.28. The van der Waals surface area contributed by atoms with Crippen molar-refractivity contribution < 1.29 is 4.79 Å². The molecular weight excluding hydrogens is 324 g/mol. The average molecular weight is 340 g/mol. The lowest BCUT2D eigenvalue weighted by atomic mass is 10.0. The number of carbonyl (C=O) groups excluding carboxylic acids is 1. The second-order valence-electron chi connectivity index (χ2n) is 5.83. The van der Waals surface area contributed by atoms with Crippen molar-refractivity contribution in [3.05, 3.63) is 90.5 Å². The fourth-order valence-corrected chi connectivity index (χ4v) is 2.89. The highest BCUT2D eigenvalue weighted by Gasteiger charge is 2.15. The summed E-state index contributed by atoms with van der Waals surface area (Å²) in [5.41, 5.74) is 3.92. The number of para-hydroxylation sites is 1. The molecule has 0 saturated heterocycles. The van der Waals surface area contributed by atoms with E-state index in [1.165, 1.54) is 6.33 Å². The van der Waals surface area contributed by atoms with Gasteiger partial charge in [-0.2, -0.15) is 0 Å². The molecule has 26 heavy (non-hydrogen) atoms. The van der Waals surface area contributed by atoms with Crippen LogP contribution in [0.2, 0.25) is 0 Å². The maximum absolute atomic E-state index is 12.8. The first-order valence-electron chi connectivity index (χ1n) is 8.29. The smallest absolute Gasteiger partial charge is 0.252 e. The molecule has 0 saturated carbocycles. The molecule has 2 heterocycles. The van der Waals surface area contributed by atoms with Crippen LogP contribution in [-0.4, -0.2) is 20.9 Å². The standard InChI is InChI=1S/C21H16N4O/c26-21(23-13-15-6-5-11-22-12-15)17-8-2-1-7-16(17)20-18-9-3-4-10-19(18)24-14-25-20/h1-12,14H,13H2,(H,23,26). The number of nitrogens with zero attached hydrogens (tertiary/aromatic N) is 3. The van der Waals surface area contributed by atoms with Crippen molar-refractivity contribution in [3.8, 4) is 11.3 Å². The molecule has 5 heteroatoms. The Bertz CT molecular complexity index is 1060. The summed E-state index contributed by atoms with van der Waals surface area (Å²) in [4.78, 5) is 25.6. The quantitative estimate of drug-likeness (QED) is 0.616. The Kier molecular flexibility index (Phi) is 4.35. The minimum atomic E-state index is -0.146. The van der Waals surface area contributed by atoms with E-state index in [1.54, 1.807) is 12.4 Å². The van der Waals surface area contributed by atoms with E-state index >= 15 is 0 Å². The average Bonchev–Trinajstić information content (AvgIpc) is 2.72. The number of rotatable bonds is 4. The molecule has 0 atom stereocenters. The Morgan fingerprint density at radius 3 is 2.65 bits per heavy atom. The number of pyridine rings is 1. The van der Waals surface area contributed by atoms with Gasteiger partial charge in [0.05, 0.1) is 11.2 Å². The van der Waals surface area contributed by atoms with E-state index < -0.39 is 0 Å². The lowest BCUT2D eigenvalue weighted by Gasteiger charge is -2.11. The monoisotopic (exact) mass is 340 g/mol. The van der Waals surface area contributed by atoms with E-state index in [-0.39, 0.29) is 5.91 Å². The third-order valence-electron chi connectivity index (χ3n) is 4.15. The minimum Gasteiger partial charge on any atom is -0.348 e. The summed E-state index contributed by atoms with van der Waals surface area (Å²) >= 11 is 0. The van der Waals surface area contributed by atoms with Gasteiger partial charge in [0.2, 0.25) is 0 Å². The van der Waals surface area contributed by atoms with E-state index in [0.717, 1.165) is 27.7 Å². The molecule has 1 N–H and O–H groups in total. The molecule has 0 unspecified atom stereocenters. The molecule has 0 radical (unpaired) electrons. The van der Waals surface area contributed by atoms with Crippen LogP contribution in [0.4, 0.5) is 0 Å². The van der Waals surface area contributed by atoms with Gasteiger partial charge < -0.3 is 5.32 Å². The van der Waals surface area contributed by atoms with E-state index in [9.17, 15) is 4.79 Å². The topological polar surface area (TPSA) is 67.8 Å². The first-order chi connectivity index (χ1) is 12.8. The van der Waals surface area contributed by atoms with Crippen LogP contribution in [0.1, 0.15) is 15.9 Å². The summed E-state index contributed by atoms with van der Waals surface area (Å²) in [5.74, 6) is -0.146. The van der Waals surface area contributed by atoms with Crippen LogP contribution in [0.15, 0.2) is 79.4 Å². The first kappa shape index (κ1) is 15.9. The molecule has 4 aromatic rings. The van der Waals surface area contributed by atoms with Crippen molar-refractivity contribution in [1.82, 2.24) is 20.3 Å². The molecule has 2 aromatic carbocycles. The first-order valence-corrected chi connectivity index (χ1v) is 8.29. The van der Waals surface area contributed by atoms with Crippen LogP contribution in [-0.2, 0) is 6.54 Å². The van der Waals surface area contributed by atoms with Gasteiger partial charge in [0.15, 0.2) is 0 Å². The van der Waals surface area contributed by atoms with Crippen molar-refractivity contribution in [1.29, 1.82) is 0 Å². The highest BCUT2D eigenvalue weighted by atomic mass is 16.1. The molecule has 5 nitrogen and oxygen atoms in total. The normalized spacial score (nSPS) is 10.6. The predicted octanol–water partition coefficient (Wildman–Crippen LogP) is 3.62. The zero-order chi connectivity index (χ0) is 17.8. The van der Waals surface area contributed by atoms with Crippen LogP contribution < -0.4 is 5.32 Å². The van der Waals surface area contributed by atoms with Gasteiger partial charge in [-0.15, -0.1) is 0 Å². The molecule has 4 rings (SSSR count). The van der Waals surface area contributed by atoms with Crippen molar-refractivity contribution in [3.63, 3.8) is 0 Å². The Hall–Kier alpha value is -3.60. The van der Waals surface area contributed by atoms with Gasteiger partial charge in [0.25, 0.3) is 5.91 Å². The Morgan fingerprint density at radius 1 is 0.923 bits per heavy atom. The number of amides is 1. The molecule has 0 aliphatic carbocycles. The van der Waals surface area contributed by atoms with E-state index in [4.69, 9.17) is 0 Å². The molecule has 0 aliphatic heterocycles. The van der Waals surface area contributed by atoms with Crippen LogP contribution in [0.5, 0.6) is 0 Å². The van der Waals surface area contributed by atoms with E-state index in [1.807, 2.05) is 60.7 Å². The van der Waals surface area contributed by atoms with Crippen LogP contribution in [0.3, 0.4) is 0 Å². The molecule has 1 amide bonds. The van der Waals surface area contributed by atoms with Gasteiger partial charge in [0, 0.05) is 35.5 Å². The second kappa shape index (κ2) is 7.11. The van der Waals surface area contributed by atoms with Gasteiger partial charge in [-0.1, -0.05) is 42.5 Å². The Balaban J connectivity index is 1.69. The summed E-state index contributed by atoms with van der Waals surface area (Å²) in [6.45, 7) is 0.422. The van der Waals surface area contributed by atoms with E-state index in [2.05, 4.69) is 20.3 Å². The van der Waals surface area contributed by atoms with E-state index in [0.29, 0.717) is 12.1 Å². The minimum absolute atomic E-state index is 0.146. The van der Waals surface area contributed by atoms with Crippen LogP contribution in [0.25, 0.3) is 22.2 Å². The number of hydrogen-bond donors (Lipinski definition) is 1. The largest absolute Gasteiger partial charge is 0.348 e. The maximum Gasteiger partial charge on any atom is 0.252 e. The second-order valence-corrected chi connectivity index (χ2v) is 5.83. The lowest BCUT2D eigenvalue weighted by Crippen LogP contribution is -2.23. The zero-order valence-electron chi connectivity index (χ0n) is 14.0. The lowest BCUT2D eigenvalue weighted by molar-refractivity contribution is 0.0951. The number of aromatic nitrogens is 3. The Labute approximate surface area is 150 Å². The van der Waals surface area contributed by atoms with Crippen molar-refractivity contribution >= 4 is 16.8 Å². The summed E-state index contributed by atoms with van der Waals surface area (Å²) in [5, 5.41) is 3.87. The number of fused-ring (bicyclic) bond motifs is 1. The zero-order valence-corrected chi connectivity index (χ0v) is 14.0. The highest BCUT2D eigenvalue weighted by molar-refractivity contribution is 6.04. The summed E-state index contributed by atoms with van der Waals surface area (Å²) < 4.78 is 0. The predicted molar refractivity (Wildman–Crippen MR) is 100 cm³/mol. The third-order valence-corrected chi connectivity index (χ3v) is 4.15. The van der Waals surface area contributed by atoms with Crippen LogP contribution >= 0.6 is 0 Å². The van der Waals surface area contributed by atoms with Crippen molar-refractivity contribution in [2.24, 2.45) is 0 Å². The molecule has 0 aliphatic rings. The van der Waals surface area contributed by atoms with Gasteiger partial charge >= 0.3 is 0 Å². The van der Waals surface area contributed by atoms with Crippen molar-refractivity contribution in [2.75, 3.05) is 0 Å². The van der Waals surface area contributed by atoms with Gasteiger partial charge in [-0.25, -0.2) is 9.97 Å². The van der Waals surface area contributed by atoms with Gasteiger partial charge in [-0.3, -0.25) is 9.78 Å². The number of hydrogen-bond acceptors (Lipinski definition) is 4. The Morgan fingerprint density at radius 2 is 1.77 bits per heavy atom. The summed E-state index contributed by atoms with van der Waals surface area (Å²) in [6, 6.07) is 19.0.